The Kier molecular flexibility index (Phi) is 7.45. The van der Waals surface area contributed by atoms with Crippen LogP contribution in [-0.4, -0.2) is 58.2 Å². The van der Waals surface area contributed by atoms with Gasteiger partial charge in [0.2, 0.25) is 11.3 Å². The van der Waals surface area contributed by atoms with Gasteiger partial charge in [0, 0.05) is 32.2 Å². The number of carbonyl (C=O) groups excluding carboxylic acids is 3. The van der Waals surface area contributed by atoms with Crippen molar-refractivity contribution in [1.82, 2.24) is 9.58 Å². The number of amides is 2. The molecule has 0 saturated heterocycles. The molecule has 0 aliphatic carbocycles. The summed E-state index contributed by atoms with van der Waals surface area (Å²) in [4.78, 5) is 51.9. The van der Waals surface area contributed by atoms with Crippen LogP contribution in [0.3, 0.4) is 0 Å². The lowest BCUT2D eigenvalue weighted by Gasteiger charge is -2.38. The summed E-state index contributed by atoms with van der Waals surface area (Å²) in [6.45, 7) is 4.98. The maximum atomic E-state index is 13.9. The predicted octanol–water partition coefficient (Wildman–Crippen LogP) is 1.97. The first-order chi connectivity index (χ1) is 16.0. The van der Waals surface area contributed by atoms with Crippen LogP contribution in [0.25, 0.3) is 0 Å². The summed E-state index contributed by atoms with van der Waals surface area (Å²) in [5, 5.41) is 11.6. The lowest BCUT2D eigenvalue weighted by molar-refractivity contribution is -0.118. The minimum atomic E-state index is -1.08. The number of hydrogen-bond donors (Lipinski definition) is 1. The van der Waals surface area contributed by atoms with Crippen LogP contribution in [0.5, 0.6) is 5.75 Å². The Bertz CT molecular complexity index is 1190. The quantitative estimate of drug-likeness (QED) is 0.583. The van der Waals surface area contributed by atoms with Crippen LogP contribution >= 0.6 is 0 Å². The monoisotopic (exact) mass is 477 g/mol. The van der Waals surface area contributed by atoms with Gasteiger partial charge in [-0.25, -0.2) is 18.5 Å². The number of Topliss-reactive ketones (excluding diaryl/α,β-unsaturated/α-hetero) is 1. The fraction of sp³-hybridized carbons (Fsp3) is 0.391. The summed E-state index contributed by atoms with van der Waals surface area (Å²) in [5.41, 5.74) is -1.90. The topological polar surface area (TPSA) is 109 Å². The first kappa shape index (κ1) is 25.0. The zero-order valence-corrected chi connectivity index (χ0v) is 19.0. The maximum absolute atomic E-state index is 13.9. The van der Waals surface area contributed by atoms with Gasteiger partial charge in [0.1, 0.15) is 18.3 Å². The van der Waals surface area contributed by atoms with Gasteiger partial charge in [-0.1, -0.05) is 6.07 Å². The van der Waals surface area contributed by atoms with E-state index in [9.17, 15) is 33.1 Å². The Morgan fingerprint density at radius 2 is 1.91 bits per heavy atom. The average molecular weight is 477 g/mol. The van der Waals surface area contributed by atoms with Gasteiger partial charge in [-0.05, 0) is 31.9 Å². The molecule has 0 radical (unpaired) electrons. The van der Waals surface area contributed by atoms with E-state index >= 15 is 0 Å². The molecule has 0 unspecified atom stereocenters. The first-order valence-electron chi connectivity index (χ1n) is 10.7. The molecule has 182 valence electrons. The van der Waals surface area contributed by atoms with Crippen molar-refractivity contribution in [1.29, 1.82) is 0 Å². The Balaban J connectivity index is 1.91. The van der Waals surface area contributed by atoms with Crippen molar-refractivity contribution in [3.63, 3.8) is 0 Å². The molecule has 34 heavy (non-hydrogen) atoms. The van der Waals surface area contributed by atoms with E-state index in [0.29, 0.717) is 6.07 Å². The van der Waals surface area contributed by atoms with E-state index < -0.39 is 51.7 Å². The van der Waals surface area contributed by atoms with Gasteiger partial charge in [-0.3, -0.25) is 19.2 Å². The fourth-order valence-electron chi connectivity index (χ4n) is 3.55. The van der Waals surface area contributed by atoms with Crippen molar-refractivity contribution in [3.05, 3.63) is 63.1 Å². The Labute approximate surface area is 194 Å². The molecule has 0 saturated carbocycles. The molecule has 9 nitrogen and oxygen atoms in total. The normalized spacial score (nSPS) is 13.4. The van der Waals surface area contributed by atoms with E-state index in [-0.39, 0.29) is 44.3 Å². The fourth-order valence-corrected chi connectivity index (χ4v) is 3.55. The number of fused-ring (bicyclic) bond motifs is 1. The summed E-state index contributed by atoms with van der Waals surface area (Å²) in [6, 6.07) is 2.94. The highest BCUT2D eigenvalue weighted by Crippen LogP contribution is 2.22. The molecule has 3 rings (SSSR count). The first-order valence-corrected chi connectivity index (χ1v) is 10.7. The molecule has 0 atom stereocenters. The van der Waals surface area contributed by atoms with E-state index in [1.54, 1.807) is 0 Å². The van der Waals surface area contributed by atoms with Crippen LogP contribution in [0.4, 0.5) is 8.78 Å². The third kappa shape index (κ3) is 5.14. The van der Waals surface area contributed by atoms with Crippen LogP contribution in [0.15, 0.2) is 29.2 Å². The second kappa shape index (κ2) is 10.1. The zero-order valence-electron chi connectivity index (χ0n) is 19.0. The second-order valence-corrected chi connectivity index (χ2v) is 8.12. The summed E-state index contributed by atoms with van der Waals surface area (Å²) in [7, 11) is 0. The van der Waals surface area contributed by atoms with Gasteiger partial charge in [-0.2, -0.15) is 0 Å². The van der Waals surface area contributed by atoms with E-state index in [1.807, 2.05) is 13.8 Å². The van der Waals surface area contributed by atoms with Crippen molar-refractivity contribution in [2.24, 2.45) is 0 Å². The van der Waals surface area contributed by atoms with Crippen molar-refractivity contribution in [3.8, 4) is 5.75 Å². The summed E-state index contributed by atoms with van der Waals surface area (Å²) >= 11 is 0. The number of nitrogens with zero attached hydrogens (tertiary/aromatic N) is 3. The molecule has 2 heterocycles. The second-order valence-electron chi connectivity index (χ2n) is 8.12. The SMILES string of the molecule is CC(=O)N1CN(CCOC(C)C)C(=O)c2c(O)c(=O)c(C(=O)CCc3ccc(F)cc3F)cn21. The van der Waals surface area contributed by atoms with Crippen molar-refractivity contribution >= 4 is 17.6 Å². The summed E-state index contributed by atoms with van der Waals surface area (Å²) in [6.07, 6.45) is 0.515. The summed E-state index contributed by atoms with van der Waals surface area (Å²) in [5.74, 6) is -4.49. The zero-order chi connectivity index (χ0) is 25.2. The molecule has 1 aromatic heterocycles. The molecule has 1 N–H and O–H groups in total. The van der Waals surface area contributed by atoms with Crippen LogP contribution < -0.4 is 10.4 Å². The number of pyridine rings is 1. The molecule has 1 aromatic carbocycles. The van der Waals surface area contributed by atoms with Crippen LogP contribution in [0, 0.1) is 11.6 Å². The highest BCUT2D eigenvalue weighted by molar-refractivity contribution is 6.01. The van der Waals surface area contributed by atoms with Crippen molar-refractivity contribution < 1.29 is 33.0 Å². The average Bonchev–Trinajstić information content (AvgIpc) is 2.76. The number of ketones is 1. The summed E-state index contributed by atoms with van der Waals surface area (Å²) < 4.78 is 33.4. The lowest BCUT2D eigenvalue weighted by atomic mass is 10.0. The third-order valence-corrected chi connectivity index (χ3v) is 5.33. The third-order valence-electron chi connectivity index (χ3n) is 5.33. The molecule has 1 aliphatic heterocycles. The van der Waals surface area contributed by atoms with Crippen LogP contribution in [0.1, 0.15) is 53.6 Å². The minimum Gasteiger partial charge on any atom is -0.502 e. The number of aromatic nitrogens is 1. The molecule has 0 bridgehead atoms. The largest absolute Gasteiger partial charge is 0.502 e. The van der Waals surface area contributed by atoms with Crippen LogP contribution in [-0.2, 0) is 16.0 Å². The molecule has 2 amide bonds. The number of benzene rings is 1. The molecule has 1 aliphatic rings. The molecular formula is C23H25F2N3O6. The van der Waals surface area contributed by atoms with Gasteiger partial charge < -0.3 is 14.7 Å². The predicted molar refractivity (Wildman–Crippen MR) is 117 cm³/mol. The molecule has 2 aromatic rings. The maximum Gasteiger partial charge on any atom is 0.278 e. The van der Waals surface area contributed by atoms with Crippen LogP contribution in [0.2, 0.25) is 0 Å². The number of ether oxygens (including phenoxy) is 1. The smallest absolute Gasteiger partial charge is 0.278 e. The lowest BCUT2D eigenvalue weighted by Crippen LogP contribution is -2.56. The van der Waals surface area contributed by atoms with E-state index in [2.05, 4.69) is 0 Å². The minimum absolute atomic E-state index is 0.0796. The Morgan fingerprint density at radius 3 is 2.53 bits per heavy atom. The number of aromatic hydroxyl groups is 1. The molecular weight excluding hydrogens is 452 g/mol. The van der Waals surface area contributed by atoms with Gasteiger partial charge in [-0.15, -0.1) is 0 Å². The Morgan fingerprint density at radius 1 is 1.21 bits per heavy atom. The van der Waals surface area contributed by atoms with Gasteiger partial charge in [0.15, 0.2) is 17.2 Å². The highest BCUT2D eigenvalue weighted by Gasteiger charge is 2.35. The standard InChI is InChI=1S/C23H25F2N3O6/c1-13(2)34-9-8-26-12-28(14(3)29)27-11-17(21(31)22(32)20(27)23(26)33)19(30)7-5-15-4-6-16(24)10-18(15)25/h4,6,10-11,13,32H,5,7-9,12H2,1-3H3. The number of hydrogen-bond acceptors (Lipinski definition) is 6. The number of rotatable bonds is 8. The molecule has 11 heteroatoms. The number of aryl methyl sites for hydroxylation is 1. The van der Waals surface area contributed by atoms with Crippen molar-refractivity contribution in [2.45, 2.75) is 39.7 Å². The van der Waals surface area contributed by atoms with Gasteiger partial charge in [0.05, 0.1) is 18.3 Å². The van der Waals surface area contributed by atoms with E-state index in [1.165, 1.54) is 17.9 Å². The number of carbonyl (C=O) groups is 3. The highest BCUT2D eigenvalue weighted by atomic mass is 19.1. The Hall–Kier alpha value is -3.60. The van der Waals surface area contributed by atoms with Crippen molar-refractivity contribution in [2.75, 3.05) is 24.8 Å². The molecule has 0 fully saturated rings. The number of halogens is 2. The van der Waals surface area contributed by atoms with E-state index in [0.717, 1.165) is 21.9 Å². The molecule has 0 spiro atoms. The van der Waals surface area contributed by atoms with E-state index in [4.69, 9.17) is 4.74 Å². The van der Waals surface area contributed by atoms with Gasteiger partial charge in [0.25, 0.3) is 5.91 Å². The van der Waals surface area contributed by atoms with Gasteiger partial charge >= 0.3 is 0 Å².